The van der Waals surface area contributed by atoms with Crippen molar-refractivity contribution in [3.63, 3.8) is 0 Å². The molecule has 4 aromatic rings. The number of rotatable bonds is 8. The van der Waals surface area contributed by atoms with Crippen LogP contribution in [0.2, 0.25) is 0 Å². The lowest BCUT2D eigenvalue weighted by Crippen LogP contribution is -2.61. The van der Waals surface area contributed by atoms with E-state index in [4.69, 9.17) is 23.4 Å². The SMILES string of the molecule is CC(=O)OC[C@H]1O[C@@H](Oc2c(-c3ccc(O)cc3)oc3cc(O)cc(O)c3c2=O)[C@H](OC(=O)C=Cc2ccc(O)cc2)[C@@H](O)[C@@H]1O. The summed E-state index contributed by atoms with van der Waals surface area (Å²) < 4.78 is 27.9. The van der Waals surface area contributed by atoms with Crippen LogP contribution in [-0.4, -0.2) is 79.9 Å². The molecule has 240 valence electrons. The summed E-state index contributed by atoms with van der Waals surface area (Å²) >= 11 is 0. The Hall–Kier alpha value is -5.57. The Kier molecular flexibility index (Phi) is 9.13. The normalized spacial score (nSPS) is 21.2. The summed E-state index contributed by atoms with van der Waals surface area (Å²) in [4.78, 5) is 38.1. The molecule has 14 nitrogen and oxygen atoms in total. The molecule has 0 spiro atoms. The first kappa shape index (κ1) is 31.8. The molecular formula is C32H28O14. The number of carbonyl (C=O) groups is 2. The highest BCUT2D eigenvalue weighted by Crippen LogP contribution is 2.38. The molecule has 2 heterocycles. The number of aliphatic hydroxyl groups is 2. The van der Waals surface area contributed by atoms with Crippen molar-refractivity contribution in [3.05, 3.63) is 82.5 Å². The van der Waals surface area contributed by atoms with E-state index in [1.165, 1.54) is 54.6 Å². The Morgan fingerprint density at radius 3 is 2.20 bits per heavy atom. The van der Waals surface area contributed by atoms with Crippen LogP contribution in [0.15, 0.2) is 76.0 Å². The van der Waals surface area contributed by atoms with Crippen LogP contribution >= 0.6 is 0 Å². The Morgan fingerprint density at radius 1 is 0.891 bits per heavy atom. The van der Waals surface area contributed by atoms with Crippen molar-refractivity contribution < 1.29 is 63.6 Å². The number of ether oxygens (including phenoxy) is 4. The molecule has 14 heteroatoms. The maximum atomic E-state index is 13.8. The first-order chi connectivity index (χ1) is 21.9. The molecular weight excluding hydrogens is 608 g/mol. The number of phenolic OH excluding ortho intramolecular Hbond substituents is 4. The van der Waals surface area contributed by atoms with Gasteiger partial charge in [-0.3, -0.25) is 9.59 Å². The maximum absolute atomic E-state index is 13.8. The molecule has 0 unspecified atom stereocenters. The summed E-state index contributed by atoms with van der Waals surface area (Å²) in [5.74, 6) is -3.77. The molecule has 3 aromatic carbocycles. The summed E-state index contributed by atoms with van der Waals surface area (Å²) in [5, 5.41) is 61.1. The van der Waals surface area contributed by atoms with Gasteiger partial charge in [0.15, 0.2) is 11.9 Å². The van der Waals surface area contributed by atoms with Crippen LogP contribution in [0.25, 0.3) is 28.4 Å². The zero-order valence-corrected chi connectivity index (χ0v) is 24.0. The summed E-state index contributed by atoms with van der Waals surface area (Å²) in [6.07, 6.45) is -6.31. The van der Waals surface area contributed by atoms with Crippen LogP contribution in [0, 0.1) is 0 Å². The van der Waals surface area contributed by atoms with E-state index >= 15 is 0 Å². The Balaban J connectivity index is 1.56. The number of hydrogen-bond acceptors (Lipinski definition) is 14. The number of aromatic hydroxyl groups is 4. The molecule has 5 rings (SSSR count). The predicted octanol–water partition coefficient (Wildman–Crippen LogP) is 2.30. The monoisotopic (exact) mass is 636 g/mol. The summed E-state index contributed by atoms with van der Waals surface area (Å²) in [6, 6.07) is 13.2. The van der Waals surface area contributed by atoms with Crippen molar-refractivity contribution >= 4 is 29.0 Å². The van der Waals surface area contributed by atoms with E-state index in [1.54, 1.807) is 0 Å². The average Bonchev–Trinajstić information content (AvgIpc) is 3.00. The van der Waals surface area contributed by atoms with Crippen molar-refractivity contribution in [3.8, 4) is 40.1 Å². The lowest BCUT2D eigenvalue weighted by atomic mass is 9.99. The zero-order chi connectivity index (χ0) is 33.1. The molecule has 1 aromatic heterocycles. The number of phenols is 4. The Bertz CT molecular complexity index is 1830. The number of hydrogen-bond donors (Lipinski definition) is 6. The van der Waals surface area contributed by atoms with E-state index in [0.717, 1.165) is 25.1 Å². The summed E-state index contributed by atoms with van der Waals surface area (Å²) in [7, 11) is 0. The fraction of sp³-hybridized carbons (Fsp3) is 0.219. The van der Waals surface area contributed by atoms with Gasteiger partial charge in [-0.05, 0) is 48.0 Å². The van der Waals surface area contributed by atoms with Crippen molar-refractivity contribution in [2.45, 2.75) is 37.6 Å². The average molecular weight is 637 g/mol. The van der Waals surface area contributed by atoms with Crippen LogP contribution in [0.1, 0.15) is 12.5 Å². The third-order valence-electron chi connectivity index (χ3n) is 6.93. The maximum Gasteiger partial charge on any atom is 0.331 e. The fourth-order valence-corrected chi connectivity index (χ4v) is 4.68. The van der Waals surface area contributed by atoms with Crippen LogP contribution in [0.4, 0.5) is 0 Å². The number of carbonyl (C=O) groups excluding carboxylic acids is 2. The molecule has 0 aliphatic carbocycles. The molecule has 0 amide bonds. The van der Waals surface area contributed by atoms with Crippen molar-refractivity contribution in [2.24, 2.45) is 0 Å². The second kappa shape index (κ2) is 13.2. The van der Waals surface area contributed by atoms with Crippen molar-refractivity contribution in [1.82, 2.24) is 0 Å². The summed E-state index contributed by atoms with van der Waals surface area (Å²) in [6.45, 7) is 0.561. The third-order valence-corrected chi connectivity index (χ3v) is 6.93. The Labute approximate surface area is 259 Å². The summed E-state index contributed by atoms with van der Waals surface area (Å²) in [5.41, 5.74) is -0.483. The number of aliphatic hydroxyl groups excluding tert-OH is 2. The van der Waals surface area contributed by atoms with Crippen LogP contribution < -0.4 is 10.2 Å². The van der Waals surface area contributed by atoms with Gasteiger partial charge in [-0.1, -0.05) is 12.1 Å². The molecule has 5 atom stereocenters. The molecule has 1 aliphatic heterocycles. The zero-order valence-electron chi connectivity index (χ0n) is 24.0. The minimum Gasteiger partial charge on any atom is -0.508 e. The molecule has 1 saturated heterocycles. The van der Waals surface area contributed by atoms with E-state index in [2.05, 4.69) is 0 Å². The first-order valence-electron chi connectivity index (χ1n) is 13.7. The second-order valence-corrected chi connectivity index (χ2v) is 10.2. The van der Waals surface area contributed by atoms with E-state index in [9.17, 15) is 45.0 Å². The molecule has 46 heavy (non-hydrogen) atoms. The second-order valence-electron chi connectivity index (χ2n) is 10.2. The van der Waals surface area contributed by atoms with Gasteiger partial charge in [0.1, 0.15) is 58.9 Å². The van der Waals surface area contributed by atoms with Gasteiger partial charge in [0.25, 0.3) is 0 Å². The highest BCUT2D eigenvalue weighted by molar-refractivity contribution is 5.88. The molecule has 6 N–H and O–H groups in total. The highest BCUT2D eigenvalue weighted by Gasteiger charge is 2.49. The molecule has 0 radical (unpaired) electrons. The predicted molar refractivity (Wildman–Crippen MR) is 158 cm³/mol. The van der Waals surface area contributed by atoms with Gasteiger partial charge in [0.05, 0.1) is 0 Å². The van der Waals surface area contributed by atoms with Gasteiger partial charge in [-0.25, -0.2) is 4.79 Å². The van der Waals surface area contributed by atoms with E-state index < -0.39 is 77.3 Å². The topological polar surface area (TPSA) is 223 Å². The number of benzene rings is 3. The lowest BCUT2D eigenvalue weighted by molar-refractivity contribution is -0.282. The number of fused-ring (bicyclic) bond motifs is 1. The van der Waals surface area contributed by atoms with Gasteiger partial charge >= 0.3 is 11.9 Å². The van der Waals surface area contributed by atoms with Crippen molar-refractivity contribution in [1.29, 1.82) is 0 Å². The van der Waals surface area contributed by atoms with Crippen LogP contribution in [0.3, 0.4) is 0 Å². The molecule has 1 fully saturated rings. The van der Waals surface area contributed by atoms with Gasteiger partial charge in [-0.15, -0.1) is 0 Å². The first-order valence-corrected chi connectivity index (χ1v) is 13.7. The third kappa shape index (κ3) is 6.89. The lowest BCUT2D eigenvalue weighted by Gasteiger charge is -2.41. The largest absolute Gasteiger partial charge is 0.508 e. The molecule has 0 bridgehead atoms. The van der Waals surface area contributed by atoms with Crippen LogP contribution in [-0.2, 0) is 23.8 Å². The molecule has 1 aliphatic rings. The quantitative estimate of drug-likeness (QED) is 0.121. The minimum atomic E-state index is -1.89. The van der Waals surface area contributed by atoms with Gasteiger partial charge in [0, 0.05) is 30.7 Å². The Morgan fingerprint density at radius 2 is 1.54 bits per heavy atom. The van der Waals surface area contributed by atoms with E-state index in [1.807, 2.05) is 0 Å². The highest BCUT2D eigenvalue weighted by atomic mass is 16.7. The van der Waals surface area contributed by atoms with Gasteiger partial charge in [-0.2, -0.15) is 0 Å². The smallest absolute Gasteiger partial charge is 0.331 e. The van der Waals surface area contributed by atoms with Gasteiger partial charge in [0.2, 0.25) is 17.5 Å². The number of esters is 2. The standard InChI is InChI=1S/C32H28O14/c1-15(33)42-14-23-26(39)28(41)31(45-24(38)11-4-16-2-7-18(34)8-3-16)32(44-23)46-30-27(40)25-21(37)12-20(36)13-22(25)43-29(30)17-5-9-19(35)10-6-17/h2-13,23,26,28,31-32,34-37,39,41H,14H2,1H3/t23-,26-,28+,31-,32+/m1/s1. The van der Waals surface area contributed by atoms with Gasteiger partial charge < -0.3 is 54.0 Å². The fourth-order valence-electron chi connectivity index (χ4n) is 4.68. The van der Waals surface area contributed by atoms with Crippen LogP contribution in [0.5, 0.6) is 28.7 Å². The van der Waals surface area contributed by atoms with Crippen molar-refractivity contribution in [2.75, 3.05) is 6.61 Å². The molecule has 0 saturated carbocycles. The van der Waals surface area contributed by atoms with E-state index in [-0.39, 0.29) is 28.4 Å². The minimum absolute atomic E-state index is 0.00875. The van der Waals surface area contributed by atoms with E-state index in [0.29, 0.717) is 5.56 Å².